The van der Waals surface area contributed by atoms with Gasteiger partial charge in [-0.2, -0.15) is 28.8 Å². The number of aliphatic hydroxyl groups is 3. The van der Waals surface area contributed by atoms with Gasteiger partial charge >= 0.3 is 39.6 Å². The maximum absolute atomic E-state index is 10.4. The topological polar surface area (TPSA) is 270 Å². The number of aliphatic hydroxyl groups excluding tert-OH is 3. The number of methoxy groups -OCH3 is 2. The van der Waals surface area contributed by atoms with Crippen LogP contribution in [0.5, 0.6) is 0 Å². The Morgan fingerprint density at radius 2 is 0.787 bits per heavy atom. The Morgan fingerprint density at radius 3 is 1.02 bits per heavy atom. The third-order valence-corrected chi connectivity index (χ3v) is 12.8. The second-order valence-electron chi connectivity index (χ2n) is 16.9. The van der Waals surface area contributed by atoms with Gasteiger partial charge in [0.25, 0.3) is 0 Å². The number of piperidine rings is 3. The first-order chi connectivity index (χ1) is 28.7. The van der Waals surface area contributed by atoms with E-state index >= 15 is 0 Å². The van der Waals surface area contributed by atoms with Crippen molar-refractivity contribution in [3.8, 4) is 0 Å². The smallest absolute Gasteiger partial charge is 0.376 e. The molecular formula is C38H78B3N3O16Si. The first kappa shape index (κ1) is 63.3. The van der Waals surface area contributed by atoms with Gasteiger partial charge in [-0.25, -0.2) is 0 Å². The molecule has 0 bridgehead atoms. The van der Waals surface area contributed by atoms with Crippen LogP contribution in [0, 0.1) is 35.5 Å². The van der Waals surface area contributed by atoms with Gasteiger partial charge in [-0.05, 0) is 103 Å². The average Bonchev–Trinajstić information content (AvgIpc) is 3.19. The highest BCUT2D eigenvalue weighted by Crippen LogP contribution is 2.28. The van der Waals surface area contributed by atoms with Crippen LogP contribution in [-0.2, 0) is 47.7 Å². The van der Waals surface area contributed by atoms with Crippen molar-refractivity contribution in [1.82, 2.24) is 14.4 Å². The molecule has 3 heterocycles. The molecule has 3 aliphatic rings. The van der Waals surface area contributed by atoms with E-state index in [2.05, 4.69) is 40.4 Å². The van der Waals surface area contributed by atoms with Crippen molar-refractivity contribution in [2.24, 2.45) is 35.5 Å². The van der Waals surface area contributed by atoms with Crippen LogP contribution < -0.4 is 0 Å². The van der Waals surface area contributed by atoms with Crippen LogP contribution in [0.1, 0.15) is 40.0 Å². The summed E-state index contributed by atoms with van der Waals surface area (Å²) in [5.41, 5.74) is 0. The summed E-state index contributed by atoms with van der Waals surface area (Å²) in [6.45, 7) is 25.5. The van der Waals surface area contributed by atoms with Crippen molar-refractivity contribution in [2.75, 3.05) is 86.7 Å². The lowest BCUT2D eigenvalue weighted by Gasteiger charge is -2.41. The van der Waals surface area contributed by atoms with Crippen molar-refractivity contribution in [2.45, 2.75) is 104 Å². The molecule has 0 aromatic rings. The lowest BCUT2D eigenvalue weighted by atomic mass is 9.76. The van der Waals surface area contributed by atoms with Crippen molar-refractivity contribution in [3.63, 3.8) is 0 Å². The van der Waals surface area contributed by atoms with Gasteiger partial charge in [-0.1, -0.05) is 40.4 Å². The number of carbonyl (C=O) groups excluding carboxylic acids is 6. The highest BCUT2D eigenvalue weighted by molar-refractivity contribution is 6.76. The molecule has 0 spiro atoms. The summed E-state index contributed by atoms with van der Waals surface area (Å²) in [6.07, 6.45) is 2.57. The Labute approximate surface area is 366 Å². The molecule has 23 heteroatoms. The molecule has 354 valence electrons. The van der Waals surface area contributed by atoms with Crippen LogP contribution in [0.25, 0.3) is 0 Å². The molecule has 0 aromatic carbocycles. The van der Waals surface area contributed by atoms with Gasteiger partial charge in [0.1, 0.15) is 6.79 Å². The molecule has 9 atom stereocenters. The fourth-order valence-electron chi connectivity index (χ4n) is 7.44. The molecular weight excluding hydrogens is 815 g/mol. The Bertz CT molecular complexity index is 1110. The summed E-state index contributed by atoms with van der Waals surface area (Å²) in [7, 11) is 0.891. The van der Waals surface area contributed by atoms with Gasteiger partial charge in [0.05, 0.1) is 38.1 Å². The molecule has 0 radical (unpaired) electrons. The summed E-state index contributed by atoms with van der Waals surface area (Å²) in [4.78, 5) is 54.8. The summed E-state index contributed by atoms with van der Waals surface area (Å²) in [6, 6.07) is 1.14. The Morgan fingerprint density at radius 1 is 0.525 bits per heavy atom. The minimum atomic E-state index is -1.05. The van der Waals surface area contributed by atoms with Crippen molar-refractivity contribution in [1.29, 1.82) is 0 Å². The molecule has 3 rings (SSSR count). The monoisotopic (exact) mass is 894 g/mol. The van der Waals surface area contributed by atoms with Crippen LogP contribution in [0.4, 0.5) is 0 Å². The van der Waals surface area contributed by atoms with E-state index in [0.29, 0.717) is 46.2 Å². The fraction of sp³-hybridized carbons (Fsp3) is 0.921. The van der Waals surface area contributed by atoms with E-state index in [-0.39, 0.29) is 72.3 Å². The second kappa shape index (κ2) is 37.4. The predicted molar refractivity (Wildman–Crippen MR) is 230 cm³/mol. The van der Waals surface area contributed by atoms with E-state index in [1.54, 1.807) is 34.7 Å². The average molecular weight is 894 g/mol. The van der Waals surface area contributed by atoms with Crippen LogP contribution >= 0.6 is 0 Å². The number of nitrogens with zero attached hydrogens (tertiary/aromatic N) is 3. The molecule has 3 saturated heterocycles. The minimum Gasteiger partial charge on any atom is -0.437 e. The van der Waals surface area contributed by atoms with Gasteiger partial charge in [0.15, 0.2) is 0 Å². The molecule has 0 aromatic heterocycles. The van der Waals surface area contributed by atoms with Crippen LogP contribution in [0.15, 0.2) is 0 Å². The van der Waals surface area contributed by atoms with E-state index in [4.69, 9.17) is 47.7 Å². The molecule has 0 amide bonds. The highest BCUT2D eigenvalue weighted by Gasteiger charge is 2.39. The van der Waals surface area contributed by atoms with Crippen LogP contribution in [0.3, 0.4) is 0 Å². The summed E-state index contributed by atoms with van der Waals surface area (Å²) in [5, 5.41) is 59.5. The van der Waals surface area contributed by atoms with Gasteiger partial charge < -0.3 is 63.8 Å². The van der Waals surface area contributed by atoms with E-state index in [1.165, 1.54) is 0 Å². The van der Waals surface area contributed by atoms with Crippen molar-refractivity contribution >= 4 is 47.7 Å². The van der Waals surface area contributed by atoms with E-state index in [9.17, 15) is 30.4 Å². The first-order valence-corrected chi connectivity index (χ1v) is 24.8. The summed E-state index contributed by atoms with van der Waals surface area (Å²) >= 11 is 0. The second-order valence-corrected chi connectivity index (χ2v) is 22.5. The number of rotatable bonds is 17. The lowest BCUT2D eigenvalue weighted by Crippen LogP contribution is -2.54. The molecule has 0 unspecified atom stereocenters. The van der Waals surface area contributed by atoms with E-state index < -0.39 is 29.2 Å². The molecule has 3 aliphatic heterocycles. The van der Waals surface area contributed by atoms with Gasteiger partial charge in [0, 0.05) is 46.7 Å². The maximum atomic E-state index is 10.4. The maximum Gasteiger partial charge on any atom is 0.376 e. The SMILES string of the molecule is CC[C@@H]1CN(B(C)O)C[C@H](COC)[C@@H]1O.CC[C@@H]1CN(B(C)O)C[C@H](COC)[C@H]1O.CC[C@H]1CN(B(C)O)C[C@H](COCOCC[Si](C)(C)C)[C@H]1O.O=C=O.O=C=O.O=C=O. The zero-order valence-corrected chi connectivity index (χ0v) is 39.6. The molecule has 19 nitrogen and oxygen atoms in total. The van der Waals surface area contributed by atoms with Crippen molar-refractivity contribution in [3.05, 3.63) is 0 Å². The van der Waals surface area contributed by atoms with Gasteiger partial charge in [0.2, 0.25) is 0 Å². The zero-order valence-electron chi connectivity index (χ0n) is 38.6. The van der Waals surface area contributed by atoms with E-state index in [0.717, 1.165) is 51.5 Å². The number of ether oxygens (including phenoxy) is 4. The first-order valence-electron chi connectivity index (χ1n) is 21.1. The van der Waals surface area contributed by atoms with Crippen molar-refractivity contribution < 1.29 is 78.1 Å². The number of hydrogen-bond donors (Lipinski definition) is 6. The van der Waals surface area contributed by atoms with Crippen LogP contribution in [-0.4, -0.2) is 198 Å². The lowest BCUT2D eigenvalue weighted by molar-refractivity contribution is -0.193. The van der Waals surface area contributed by atoms with Crippen LogP contribution in [0.2, 0.25) is 46.2 Å². The highest BCUT2D eigenvalue weighted by atomic mass is 28.3. The minimum absolute atomic E-state index is 0.0360. The Kier molecular flexibility index (Phi) is 38.8. The third kappa shape index (κ3) is 28.4. The fourth-order valence-corrected chi connectivity index (χ4v) is 8.20. The van der Waals surface area contributed by atoms with E-state index in [1.807, 2.05) is 14.4 Å². The quantitative estimate of drug-likeness (QED) is 0.0643. The Balaban J connectivity index is -0.000000765. The Hall–Kier alpha value is -1.97. The summed E-state index contributed by atoms with van der Waals surface area (Å²) in [5.74, 6) is 0.951. The molecule has 0 aliphatic carbocycles. The molecule has 6 N–H and O–H groups in total. The largest absolute Gasteiger partial charge is 0.437 e. The van der Waals surface area contributed by atoms with Gasteiger partial charge in [-0.3, -0.25) is 0 Å². The number of hydrogen-bond acceptors (Lipinski definition) is 19. The standard InChI is InChI=1S/C15H34BNO4Si.2C10H22BNO3.3CO2/c1-6-13-9-17(16(2)19)10-14(15(13)18)11-21-12-20-7-8-22(3,4)5;2*1-4-8-5-12(11(2)14)6-9(7-15-3)10(8)13;3*2-1-3/h13-15,18-19H,6-12H2,1-5H3;2*8-10,13-14H,4-7H2,1-3H3;;;/t13-,14+,15-;8-,9-,10+;8-,9-,10-;;;/m011.../s1. The normalized spacial score (nSPS) is 26.4. The zero-order chi connectivity index (χ0) is 47.7. The summed E-state index contributed by atoms with van der Waals surface area (Å²) < 4.78 is 21.3. The molecule has 61 heavy (non-hydrogen) atoms. The van der Waals surface area contributed by atoms with Gasteiger partial charge in [-0.15, -0.1) is 0 Å². The molecule has 3 fully saturated rings. The third-order valence-electron chi connectivity index (χ3n) is 11.1. The molecule has 0 saturated carbocycles. The predicted octanol–water partition coefficient (Wildman–Crippen LogP) is 0.118.